The number of nitrogens with zero attached hydrogens (tertiary/aromatic N) is 2. The monoisotopic (exact) mass is 234 g/mol. The molecule has 1 aliphatic heterocycles. The van der Waals surface area contributed by atoms with Crippen molar-refractivity contribution >= 4 is 17.6 Å². The molecule has 3 N–H and O–H groups in total. The molecule has 1 aliphatic rings. The third kappa shape index (κ3) is 2.20. The van der Waals surface area contributed by atoms with E-state index < -0.39 is 5.91 Å². The summed E-state index contributed by atoms with van der Waals surface area (Å²) in [5.41, 5.74) is 5.54. The predicted molar refractivity (Wildman–Crippen MR) is 62.4 cm³/mol. The molecule has 0 saturated carbocycles. The summed E-state index contributed by atoms with van der Waals surface area (Å²) in [5.74, 6) is -0.181. The van der Waals surface area contributed by atoms with Crippen LogP contribution in [0.4, 0.5) is 5.82 Å². The fourth-order valence-corrected chi connectivity index (χ4v) is 1.84. The molecule has 0 aromatic carbocycles. The van der Waals surface area contributed by atoms with Gasteiger partial charge in [0.05, 0.1) is 5.56 Å². The van der Waals surface area contributed by atoms with E-state index in [-0.39, 0.29) is 11.9 Å². The molecule has 2 amide bonds. The first-order valence-electron chi connectivity index (χ1n) is 5.36. The van der Waals surface area contributed by atoms with Gasteiger partial charge in [-0.15, -0.1) is 0 Å². The van der Waals surface area contributed by atoms with E-state index in [2.05, 4.69) is 10.3 Å². The Morgan fingerprint density at radius 3 is 3.00 bits per heavy atom. The molecule has 1 aromatic heterocycles. The van der Waals surface area contributed by atoms with Crippen molar-refractivity contribution in [2.24, 2.45) is 5.73 Å². The lowest BCUT2D eigenvalue weighted by molar-refractivity contribution is -0.127. The Balaban J connectivity index is 2.19. The number of carbonyl (C=O) groups excluding carboxylic acids is 2. The Morgan fingerprint density at radius 1 is 1.65 bits per heavy atom. The molecule has 0 aliphatic carbocycles. The molecule has 6 heteroatoms. The van der Waals surface area contributed by atoms with Crippen molar-refractivity contribution in [3.63, 3.8) is 0 Å². The van der Waals surface area contributed by atoms with Crippen LogP contribution >= 0.6 is 0 Å². The van der Waals surface area contributed by atoms with E-state index >= 15 is 0 Å². The third-order valence-electron chi connectivity index (χ3n) is 2.81. The number of amides is 2. The normalized spacial score (nSPS) is 19.5. The van der Waals surface area contributed by atoms with Crippen LogP contribution in [0.5, 0.6) is 0 Å². The maximum atomic E-state index is 11.7. The van der Waals surface area contributed by atoms with Crippen LogP contribution in [0.3, 0.4) is 0 Å². The highest BCUT2D eigenvalue weighted by Crippen LogP contribution is 2.17. The first-order valence-corrected chi connectivity index (χ1v) is 5.36. The molecule has 1 saturated heterocycles. The quantitative estimate of drug-likeness (QED) is 0.759. The number of pyridine rings is 1. The number of likely N-dealkylation sites (N-methyl/N-ethyl adjacent to an activating group) is 1. The van der Waals surface area contributed by atoms with Crippen molar-refractivity contribution in [1.82, 2.24) is 9.88 Å². The van der Waals surface area contributed by atoms with Crippen LogP contribution in [-0.2, 0) is 4.79 Å². The lowest BCUT2D eigenvalue weighted by Gasteiger charge is -2.14. The zero-order chi connectivity index (χ0) is 12.4. The van der Waals surface area contributed by atoms with Crippen molar-refractivity contribution < 1.29 is 9.59 Å². The number of likely N-dealkylation sites (tertiary alicyclic amines) is 1. The Bertz CT molecular complexity index is 461. The van der Waals surface area contributed by atoms with Gasteiger partial charge in [0, 0.05) is 19.8 Å². The van der Waals surface area contributed by atoms with E-state index in [1.165, 1.54) is 0 Å². The summed E-state index contributed by atoms with van der Waals surface area (Å²) in [5, 5.41) is 2.97. The first kappa shape index (κ1) is 11.4. The zero-order valence-corrected chi connectivity index (χ0v) is 9.51. The third-order valence-corrected chi connectivity index (χ3v) is 2.81. The highest BCUT2D eigenvalue weighted by atomic mass is 16.2. The largest absolute Gasteiger partial charge is 0.365 e. The Labute approximate surface area is 98.8 Å². The molecule has 6 nitrogen and oxygen atoms in total. The highest BCUT2D eigenvalue weighted by molar-refractivity contribution is 5.98. The van der Waals surface area contributed by atoms with Gasteiger partial charge in [-0.25, -0.2) is 4.98 Å². The van der Waals surface area contributed by atoms with Crippen LogP contribution < -0.4 is 11.1 Å². The first-order chi connectivity index (χ1) is 8.09. The summed E-state index contributed by atoms with van der Waals surface area (Å²) in [4.78, 5) is 28.6. The molecule has 0 unspecified atom stereocenters. The second-order valence-electron chi connectivity index (χ2n) is 4.01. The number of anilines is 1. The average molecular weight is 234 g/mol. The van der Waals surface area contributed by atoms with Gasteiger partial charge < -0.3 is 16.0 Å². The van der Waals surface area contributed by atoms with Crippen LogP contribution in [0.2, 0.25) is 0 Å². The minimum absolute atomic E-state index is 0.00562. The topological polar surface area (TPSA) is 88.3 Å². The number of hydrogen-bond donors (Lipinski definition) is 2. The zero-order valence-electron chi connectivity index (χ0n) is 9.51. The van der Waals surface area contributed by atoms with Crippen LogP contribution in [0.25, 0.3) is 0 Å². The smallest absolute Gasteiger partial charge is 0.252 e. The number of aromatic nitrogens is 1. The van der Waals surface area contributed by atoms with E-state index in [1.807, 2.05) is 0 Å². The standard InChI is InChI=1S/C11H14N4O2/c1-15-6-4-8(11(15)17)14-10-7(9(12)16)3-2-5-13-10/h2-3,5,8H,4,6H2,1H3,(H2,12,16)(H,13,14)/t8-/m0/s1. The summed E-state index contributed by atoms with van der Waals surface area (Å²) >= 11 is 0. The summed E-state index contributed by atoms with van der Waals surface area (Å²) < 4.78 is 0. The van der Waals surface area contributed by atoms with Crippen molar-refractivity contribution in [3.8, 4) is 0 Å². The molecule has 0 radical (unpaired) electrons. The van der Waals surface area contributed by atoms with E-state index in [1.54, 1.807) is 30.3 Å². The molecule has 1 atom stereocenters. The van der Waals surface area contributed by atoms with Gasteiger partial charge in [-0.05, 0) is 18.6 Å². The van der Waals surface area contributed by atoms with Crippen LogP contribution in [0.15, 0.2) is 18.3 Å². The van der Waals surface area contributed by atoms with Crippen molar-refractivity contribution in [2.75, 3.05) is 18.9 Å². The van der Waals surface area contributed by atoms with Gasteiger partial charge in [-0.2, -0.15) is 0 Å². The van der Waals surface area contributed by atoms with Crippen molar-refractivity contribution in [1.29, 1.82) is 0 Å². The SMILES string of the molecule is CN1CC[C@H](Nc2ncccc2C(N)=O)C1=O. The van der Waals surface area contributed by atoms with Crippen molar-refractivity contribution in [2.45, 2.75) is 12.5 Å². The Kier molecular flexibility index (Phi) is 2.95. The van der Waals surface area contributed by atoms with Gasteiger partial charge in [0.15, 0.2) is 0 Å². The summed E-state index contributed by atoms with van der Waals surface area (Å²) in [6.07, 6.45) is 2.25. The van der Waals surface area contributed by atoms with Gasteiger partial charge in [0.2, 0.25) is 5.91 Å². The molecular formula is C11H14N4O2. The van der Waals surface area contributed by atoms with Gasteiger partial charge in [-0.3, -0.25) is 9.59 Å². The van der Waals surface area contributed by atoms with Gasteiger partial charge in [-0.1, -0.05) is 0 Å². The van der Waals surface area contributed by atoms with Gasteiger partial charge >= 0.3 is 0 Å². The Morgan fingerprint density at radius 2 is 2.41 bits per heavy atom. The molecule has 2 heterocycles. The predicted octanol–water partition coefficient (Wildman–Crippen LogP) is -0.177. The number of primary amides is 1. The molecule has 1 aromatic rings. The summed E-state index contributed by atoms with van der Waals surface area (Å²) in [6, 6.07) is 2.89. The fraction of sp³-hybridized carbons (Fsp3) is 0.364. The van der Waals surface area contributed by atoms with E-state index in [0.29, 0.717) is 24.3 Å². The molecule has 90 valence electrons. The minimum Gasteiger partial charge on any atom is -0.365 e. The van der Waals surface area contributed by atoms with Crippen LogP contribution in [-0.4, -0.2) is 41.3 Å². The van der Waals surface area contributed by atoms with Gasteiger partial charge in [0.25, 0.3) is 5.91 Å². The average Bonchev–Trinajstić information content (AvgIpc) is 2.61. The van der Waals surface area contributed by atoms with E-state index in [0.717, 1.165) is 0 Å². The number of rotatable bonds is 3. The molecular weight excluding hydrogens is 220 g/mol. The summed E-state index contributed by atoms with van der Waals surface area (Å²) in [7, 11) is 1.75. The number of nitrogens with two attached hydrogens (primary N) is 1. The van der Waals surface area contributed by atoms with Crippen LogP contribution in [0, 0.1) is 0 Å². The lowest BCUT2D eigenvalue weighted by atomic mass is 10.2. The second kappa shape index (κ2) is 4.40. The highest BCUT2D eigenvalue weighted by Gasteiger charge is 2.29. The van der Waals surface area contributed by atoms with E-state index in [4.69, 9.17) is 5.73 Å². The fourth-order valence-electron chi connectivity index (χ4n) is 1.84. The van der Waals surface area contributed by atoms with Crippen LogP contribution in [0.1, 0.15) is 16.8 Å². The number of nitrogens with one attached hydrogen (secondary N) is 1. The van der Waals surface area contributed by atoms with E-state index in [9.17, 15) is 9.59 Å². The van der Waals surface area contributed by atoms with Crippen molar-refractivity contribution in [3.05, 3.63) is 23.9 Å². The molecule has 0 spiro atoms. The maximum Gasteiger partial charge on any atom is 0.252 e. The maximum absolute atomic E-state index is 11.7. The Hall–Kier alpha value is -2.11. The second-order valence-corrected chi connectivity index (χ2v) is 4.01. The number of carbonyl (C=O) groups is 2. The number of hydrogen-bond acceptors (Lipinski definition) is 4. The molecule has 1 fully saturated rings. The minimum atomic E-state index is -0.556. The molecule has 2 rings (SSSR count). The lowest BCUT2D eigenvalue weighted by Crippen LogP contribution is -2.32. The molecule has 17 heavy (non-hydrogen) atoms. The molecule has 0 bridgehead atoms. The summed E-state index contributed by atoms with van der Waals surface area (Å²) in [6.45, 7) is 0.704. The van der Waals surface area contributed by atoms with Gasteiger partial charge in [0.1, 0.15) is 11.9 Å².